The highest BCUT2D eigenvalue weighted by Crippen LogP contribution is 2.09. The molecule has 0 saturated heterocycles. The van der Waals surface area contributed by atoms with E-state index in [1.807, 2.05) is 30.3 Å². The number of urea groups is 1. The molecule has 19 heavy (non-hydrogen) atoms. The molecular formula is C14H19N3O2. The Morgan fingerprint density at radius 2 is 2.21 bits per heavy atom. The van der Waals surface area contributed by atoms with Crippen LogP contribution in [0.2, 0.25) is 0 Å². The molecule has 1 heterocycles. The van der Waals surface area contributed by atoms with Crippen LogP contribution in [0.4, 0.5) is 10.5 Å². The highest BCUT2D eigenvalue weighted by Gasteiger charge is 2.16. The van der Waals surface area contributed by atoms with Gasteiger partial charge >= 0.3 is 6.03 Å². The summed E-state index contributed by atoms with van der Waals surface area (Å²) in [6, 6.07) is 9.42. The maximum atomic E-state index is 11.6. The van der Waals surface area contributed by atoms with E-state index in [2.05, 4.69) is 22.5 Å². The zero-order valence-corrected chi connectivity index (χ0v) is 11.1. The summed E-state index contributed by atoms with van der Waals surface area (Å²) in [4.78, 5) is 16.0. The first kappa shape index (κ1) is 13.4. The van der Waals surface area contributed by atoms with Crippen molar-refractivity contribution in [3.8, 4) is 0 Å². The number of benzene rings is 1. The molecule has 0 unspecified atom stereocenters. The summed E-state index contributed by atoms with van der Waals surface area (Å²) in [7, 11) is 0. The molecule has 0 saturated carbocycles. The van der Waals surface area contributed by atoms with Gasteiger partial charge in [0.25, 0.3) is 0 Å². The number of hydrogen-bond donors (Lipinski definition) is 2. The number of hydrogen-bond acceptors (Lipinski definition) is 3. The SMILES string of the molecule is CC[C@@H]1COC(CCNC(=O)Nc2ccccc2)=N1. The molecule has 2 amide bonds. The molecule has 1 aliphatic rings. The number of nitrogens with zero attached hydrogens (tertiary/aromatic N) is 1. The van der Waals surface area contributed by atoms with E-state index >= 15 is 0 Å². The molecule has 0 bridgehead atoms. The van der Waals surface area contributed by atoms with Crippen molar-refractivity contribution < 1.29 is 9.53 Å². The van der Waals surface area contributed by atoms with Gasteiger partial charge in [0, 0.05) is 18.7 Å². The molecule has 5 heteroatoms. The van der Waals surface area contributed by atoms with Gasteiger partial charge in [0.2, 0.25) is 0 Å². The Balaban J connectivity index is 1.67. The first-order chi connectivity index (χ1) is 9.28. The third-order valence-corrected chi connectivity index (χ3v) is 2.90. The number of nitrogens with one attached hydrogen (secondary N) is 2. The zero-order chi connectivity index (χ0) is 13.5. The maximum Gasteiger partial charge on any atom is 0.319 e. The predicted molar refractivity (Wildman–Crippen MR) is 75.5 cm³/mol. The molecular weight excluding hydrogens is 242 g/mol. The normalized spacial score (nSPS) is 17.5. The van der Waals surface area contributed by atoms with Crippen LogP contribution in [-0.2, 0) is 4.74 Å². The van der Waals surface area contributed by atoms with Crippen LogP contribution in [0.5, 0.6) is 0 Å². The Bertz CT molecular complexity index is 445. The van der Waals surface area contributed by atoms with Crippen molar-refractivity contribution in [2.75, 3.05) is 18.5 Å². The first-order valence-electron chi connectivity index (χ1n) is 6.57. The summed E-state index contributed by atoms with van der Waals surface area (Å²) in [5.41, 5.74) is 0.778. The van der Waals surface area contributed by atoms with Crippen LogP contribution < -0.4 is 10.6 Å². The van der Waals surface area contributed by atoms with Crippen LogP contribution in [-0.4, -0.2) is 31.1 Å². The third kappa shape index (κ3) is 4.28. The van der Waals surface area contributed by atoms with E-state index in [9.17, 15) is 4.79 Å². The van der Waals surface area contributed by atoms with Gasteiger partial charge in [0.05, 0.1) is 6.04 Å². The molecule has 102 valence electrons. The summed E-state index contributed by atoms with van der Waals surface area (Å²) < 4.78 is 5.43. The molecule has 5 nitrogen and oxygen atoms in total. The van der Waals surface area contributed by atoms with Crippen molar-refractivity contribution in [2.45, 2.75) is 25.8 Å². The van der Waals surface area contributed by atoms with Crippen LogP contribution in [0.15, 0.2) is 35.3 Å². The smallest absolute Gasteiger partial charge is 0.319 e. The van der Waals surface area contributed by atoms with Crippen molar-refractivity contribution in [1.29, 1.82) is 0 Å². The van der Waals surface area contributed by atoms with Crippen LogP contribution in [0.1, 0.15) is 19.8 Å². The van der Waals surface area contributed by atoms with Gasteiger partial charge in [-0.05, 0) is 18.6 Å². The van der Waals surface area contributed by atoms with Crippen LogP contribution >= 0.6 is 0 Å². The monoisotopic (exact) mass is 261 g/mol. The number of amides is 2. The lowest BCUT2D eigenvalue weighted by Crippen LogP contribution is -2.30. The number of para-hydroxylation sites is 1. The van der Waals surface area contributed by atoms with Gasteiger partial charge in [-0.2, -0.15) is 0 Å². The minimum absolute atomic E-state index is 0.211. The standard InChI is InChI=1S/C14H19N3O2/c1-2-11-10-19-13(16-11)8-9-15-14(18)17-12-6-4-3-5-7-12/h3-7,11H,2,8-10H2,1H3,(H2,15,17,18)/t11-/m1/s1. The largest absolute Gasteiger partial charge is 0.479 e. The molecule has 0 spiro atoms. The van der Waals surface area contributed by atoms with Gasteiger partial charge in [-0.3, -0.25) is 0 Å². The van der Waals surface area contributed by atoms with Crippen LogP contribution in [0.3, 0.4) is 0 Å². The molecule has 0 radical (unpaired) electrons. The van der Waals surface area contributed by atoms with Crippen molar-refractivity contribution in [2.24, 2.45) is 4.99 Å². The summed E-state index contributed by atoms with van der Waals surface area (Å²) >= 11 is 0. The molecule has 1 aromatic rings. The van der Waals surface area contributed by atoms with E-state index in [1.54, 1.807) is 0 Å². The average Bonchev–Trinajstić information content (AvgIpc) is 2.88. The van der Waals surface area contributed by atoms with Gasteiger partial charge < -0.3 is 15.4 Å². The van der Waals surface area contributed by atoms with E-state index in [1.165, 1.54) is 0 Å². The summed E-state index contributed by atoms with van der Waals surface area (Å²) in [5.74, 6) is 0.742. The third-order valence-electron chi connectivity index (χ3n) is 2.90. The lowest BCUT2D eigenvalue weighted by atomic mass is 10.3. The van der Waals surface area contributed by atoms with Crippen molar-refractivity contribution in [1.82, 2.24) is 5.32 Å². The van der Waals surface area contributed by atoms with Gasteiger partial charge in [0.1, 0.15) is 6.61 Å². The van der Waals surface area contributed by atoms with E-state index in [0.717, 1.165) is 18.0 Å². The van der Waals surface area contributed by atoms with E-state index in [0.29, 0.717) is 19.6 Å². The van der Waals surface area contributed by atoms with Gasteiger partial charge in [0.15, 0.2) is 5.90 Å². The number of carbonyl (C=O) groups is 1. The first-order valence-corrected chi connectivity index (χ1v) is 6.57. The molecule has 2 N–H and O–H groups in total. The van der Waals surface area contributed by atoms with Crippen LogP contribution in [0, 0.1) is 0 Å². The molecule has 0 fully saturated rings. The molecule has 1 aliphatic heterocycles. The summed E-state index contributed by atoms with van der Waals surface area (Å²) in [5, 5.41) is 5.54. The predicted octanol–water partition coefficient (Wildman–Crippen LogP) is 2.41. The Morgan fingerprint density at radius 3 is 2.89 bits per heavy atom. The Labute approximate surface area is 113 Å². The molecule has 1 aromatic carbocycles. The van der Waals surface area contributed by atoms with E-state index in [-0.39, 0.29) is 12.1 Å². The van der Waals surface area contributed by atoms with Gasteiger partial charge in [-0.25, -0.2) is 9.79 Å². The number of ether oxygens (including phenoxy) is 1. The minimum Gasteiger partial charge on any atom is -0.479 e. The Morgan fingerprint density at radius 1 is 1.42 bits per heavy atom. The van der Waals surface area contributed by atoms with Crippen molar-refractivity contribution >= 4 is 17.6 Å². The number of rotatable bonds is 5. The summed E-state index contributed by atoms with van der Waals surface area (Å²) in [6.45, 7) is 3.28. The Kier molecular flexibility index (Phi) is 4.78. The number of anilines is 1. The van der Waals surface area contributed by atoms with Gasteiger partial charge in [-0.15, -0.1) is 0 Å². The zero-order valence-electron chi connectivity index (χ0n) is 11.1. The highest BCUT2D eigenvalue weighted by molar-refractivity contribution is 5.89. The average molecular weight is 261 g/mol. The number of aliphatic imine (C=N–C) groups is 1. The van der Waals surface area contributed by atoms with Crippen molar-refractivity contribution in [3.05, 3.63) is 30.3 Å². The van der Waals surface area contributed by atoms with Crippen LogP contribution in [0.25, 0.3) is 0 Å². The highest BCUT2D eigenvalue weighted by atomic mass is 16.5. The van der Waals surface area contributed by atoms with Gasteiger partial charge in [-0.1, -0.05) is 25.1 Å². The second-order valence-corrected chi connectivity index (χ2v) is 4.39. The second kappa shape index (κ2) is 6.78. The Hall–Kier alpha value is -2.04. The molecule has 0 aliphatic carbocycles. The maximum absolute atomic E-state index is 11.6. The minimum atomic E-state index is -0.211. The van der Waals surface area contributed by atoms with Crippen molar-refractivity contribution in [3.63, 3.8) is 0 Å². The topological polar surface area (TPSA) is 62.7 Å². The fourth-order valence-electron chi connectivity index (χ4n) is 1.80. The van der Waals surface area contributed by atoms with E-state index < -0.39 is 0 Å². The fourth-order valence-corrected chi connectivity index (χ4v) is 1.80. The number of carbonyl (C=O) groups excluding carboxylic acids is 1. The lowest BCUT2D eigenvalue weighted by molar-refractivity contribution is 0.252. The lowest BCUT2D eigenvalue weighted by Gasteiger charge is -2.07. The summed E-state index contributed by atoms with van der Waals surface area (Å²) in [6.07, 6.45) is 1.63. The second-order valence-electron chi connectivity index (χ2n) is 4.39. The molecule has 0 aromatic heterocycles. The fraction of sp³-hybridized carbons (Fsp3) is 0.429. The molecule has 2 rings (SSSR count). The van der Waals surface area contributed by atoms with E-state index in [4.69, 9.17) is 4.74 Å². The quantitative estimate of drug-likeness (QED) is 0.855. The molecule has 1 atom stereocenters.